The highest BCUT2D eigenvalue weighted by atomic mass is 35.5. The lowest BCUT2D eigenvalue weighted by molar-refractivity contribution is 0.409. The molecule has 1 N–H and O–H groups in total. The lowest BCUT2D eigenvalue weighted by Gasteiger charge is -2.27. The molecule has 1 aromatic heterocycles. The third-order valence-corrected chi connectivity index (χ3v) is 7.18. The number of halogens is 1. The van der Waals surface area contributed by atoms with Gasteiger partial charge in [0.25, 0.3) is 0 Å². The first-order valence-corrected chi connectivity index (χ1v) is 13.3. The number of aryl methyl sites for hydroxylation is 3. The maximum Gasteiger partial charge on any atom is 0.173 e. The molecule has 0 unspecified atom stereocenters. The summed E-state index contributed by atoms with van der Waals surface area (Å²) in [6, 6.07) is 27.5. The van der Waals surface area contributed by atoms with E-state index in [1.165, 1.54) is 33.5 Å². The number of thiocarbonyl (C=S) groups is 1. The molecule has 0 saturated carbocycles. The van der Waals surface area contributed by atoms with Crippen LogP contribution in [0.4, 0.5) is 5.69 Å². The molecule has 3 nitrogen and oxygen atoms in total. The summed E-state index contributed by atoms with van der Waals surface area (Å²) in [7, 11) is 0. The number of rotatable bonds is 9. The van der Waals surface area contributed by atoms with Crippen molar-refractivity contribution >= 4 is 34.6 Å². The molecule has 0 spiro atoms. The SMILES string of the molecule is CCc1cccc(NC(=S)N(CCc2ccc(Cl)cc2)Cc2cccn2Cc2ccc(C)cc2C)c1. The number of hydrogen-bond donors (Lipinski definition) is 1. The Bertz CT molecular complexity index is 1310. The number of anilines is 1. The normalized spacial score (nSPS) is 10.9. The number of nitrogens with zero attached hydrogens (tertiary/aromatic N) is 2. The largest absolute Gasteiger partial charge is 0.345 e. The maximum absolute atomic E-state index is 6.09. The Kier molecular flexibility index (Phi) is 8.84. The maximum atomic E-state index is 6.09. The Morgan fingerprint density at radius 1 is 0.944 bits per heavy atom. The van der Waals surface area contributed by atoms with Crippen molar-refractivity contribution in [3.63, 3.8) is 0 Å². The Hall–Kier alpha value is -3.08. The van der Waals surface area contributed by atoms with E-state index >= 15 is 0 Å². The molecule has 4 rings (SSSR count). The van der Waals surface area contributed by atoms with Crippen LogP contribution in [0, 0.1) is 13.8 Å². The topological polar surface area (TPSA) is 20.2 Å². The third kappa shape index (κ3) is 6.99. The van der Waals surface area contributed by atoms with Gasteiger partial charge in [0.05, 0.1) is 6.54 Å². The van der Waals surface area contributed by atoms with Gasteiger partial charge in [-0.1, -0.05) is 66.6 Å². The molecule has 0 amide bonds. The second kappa shape index (κ2) is 12.2. The van der Waals surface area contributed by atoms with Gasteiger partial charge in [0.2, 0.25) is 0 Å². The molecule has 36 heavy (non-hydrogen) atoms. The predicted molar refractivity (Wildman–Crippen MR) is 157 cm³/mol. The summed E-state index contributed by atoms with van der Waals surface area (Å²) in [5, 5.41) is 4.98. The van der Waals surface area contributed by atoms with Gasteiger partial charge in [-0.15, -0.1) is 0 Å². The van der Waals surface area contributed by atoms with Crippen LogP contribution in [0.1, 0.15) is 40.4 Å². The molecule has 5 heteroatoms. The van der Waals surface area contributed by atoms with Gasteiger partial charge < -0.3 is 14.8 Å². The van der Waals surface area contributed by atoms with Gasteiger partial charge in [0.15, 0.2) is 5.11 Å². The Balaban J connectivity index is 1.53. The summed E-state index contributed by atoms with van der Waals surface area (Å²) in [5.74, 6) is 0. The van der Waals surface area contributed by atoms with E-state index < -0.39 is 0 Å². The minimum atomic E-state index is 0.727. The summed E-state index contributed by atoms with van der Waals surface area (Å²) >= 11 is 12.0. The van der Waals surface area contributed by atoms with Gasteiger partial charge in [0, 0.05) is 35.7 Å². The van der Waals surface area contributed by atoms with Crippen molar-refractivity contribution in [1.82, 2.24) is 9.47 Å². The van der Waals surface area contributed by atoms with E-state index in [4.69, 9.17) is 23.8 Å². The first-order valence-electron chi connectivity index (χ1n) is 12.5. The van der Waals surface area contributed by atoms with E-state index in [1.54, 1.807) is 0 Å². The van der Waals surface area contributed by atoms with Crippen molar-refractivity contribution < 1.29 is 0 Å². The van der Waals surface area contributed by atoms with Gasteiger partial charge in [-0.3, -0.25) is 0 Å². The predicted octanol–water partition coefficient (Wildman–Crippen LogP) is 7.81. The Labute approximate surface area is 225 Å². The number of aromatic nitrogens is 1. The highest BCUT2D eigenvalue weighted by Gasteiger charge is 2.14. The van der Waals surface area contributed by atoms with E-state index in [0.29, 0.717) is 0 Å². The lowest BCUT2D eigenvalue weighted by atomic mass is 10.1. The molecule has 0 aliphatic rings. The van der Waals surface area contributed by atoms with Crippen LogP contribution in [0.5, 0.6) is 0 Å². The van der Waals surface area contributed by atoms with E-state index in [0.717, 1.165) is 48.3 Å². The molecule has 0 aliphatic heterocycles. The second-order valence-electron chi connectivity index (χ2n) is 9.34. The molecule has 3 aromatic carbocycles. The first-order chi connectivity index (χ1) is 17.4. The van der Waals surface area contributed by atoms with Crippen molar-refractivity contribution in [3.8, 4) is 0 Å². The standard InChI is InChI=1S/C31H34ClN3S/c1-4-25-7-5-8-29(20-25)33-31(36)35(18-16-26-11-14-28(32)15-12-26)22-30-9-6-17-34(30)21-27-13-10-23(2)19-24(27)3/h5-15,17,19-20H,4,16,18,21-22H2,1-3H3,(H,33,36). The molecular weight excluding hydrogens is 482 g/mol. The Morgan fingerprint density at radius 3 is 2.50 bits per heavy atom. The molecular formula is C31H34ClN3S. The van der Waals surface area contributed by atoms with E-state index in [9.17, 15) is 0 Å². The van der Waals surface area contributed by atoms with Crippen molar-refractivity contribution in [3.05, 3.63) is 124 Å². The van der Waals surface area contributed by atoms with Crippen LogP contribution < -0.4 is 5.32 Å². The van der Waals surface area contributed by atoms with Crippen LogP contribution >= 0.6 is 23.8 Å². The van der Waals surface area contributed by atoms with Gasteiger partial charge in [0.1, 0.15) is 0 Å². The van der Waals surface area contributed by atoms with Gasteiger partial charge in [-0.2, -0.15) is 0 Å². The minimum absolute atomic E-state index is 0.727. The smallest absolute Gasteiger partial charge is 0.173 e. The van der Waals surface area contributed by atoms with Crippen molar-refractivity contribution in [1.29, 1.82) is 0 Å². The van der Waals surface area contributed by atoms with Crippen LogP contribution in [-0.4, -0.2) is 21.1 Å². The van der Waals surface area contributed by atoms with Crippen LogP contribution in [0.25, 0.3) is 0 Å². The molecule has 0 saturated heterocycles. The summed E-state index contributed by atoms with van der Waals surface area (Å²) in [6.45, 7) is 8.87. The zero-order valence-electron chi connectivity index (χ0n) is 21.3. The lowest BCUT2D eigenvalue weighted by Crippen LogP contribution is -2.36. The minimum Gasteiger partial charge on any atom is -0.345 e. The van der Waals surface area contributed by atoms with Crippen LogP contribution in [-0.2, 0) is 25.9 Å². The molecule has 4 aromatic rings. The molecule has 0 radical (unpaired) electrons. The van der Waals surface area contributed by atoms with Gasteiger partial charge in [-0.25, -0.2) is 0 Å². The third-order valence-electron chi connectivity index (χ3n) is 6.57. The second-order valence-corrected chi connectivity index (χ2v) is 10.2. The molecule has 0 atom stereocenters. The summed E-state index contributed by atoms with van der Waals surface area (Å²) in [4.78, 5) is 2.26. The van der Waals surface area contributed by atoms with Gasteiger partial charge in [-0.05, 0) is 97.6 Å². The zero-order chi connectivity index (χ0) is 25.5. The fraction of sp³-hybridized carbons (Fsp3) is 0.258. The van der Waals surface area contributed by atoms with Crippen LogP contribution in [0.2, 0.25) is 5.02 Å². The molecule has 0 aliphatic carbocycles. The zero-order valence-corrected chi connectivity index (χ0v) is 22.9. The van der Waals surface area contributed by atoms with E-state index in [2.05, 4.69) is 108 Å². The quantitative estimate of drug-likeness (QED) is 0.229. The number of benzene rings is 3. The summed E-state index contributed by atoms with van der Waals surface area (Å²) in [5.41, 5.74) is 8.74. The van der Waals surface area contributed by atoms with Crippen molar-refractivity contribution in [2.45, 2.75) is 46.7 Å². The van der Waals surface area contributed by atoms with Crippen LogP contribution in [0.3, 0.4) is 0 Å². The fourth-order valence-corrected chi connectivity index (χ4v) is 4.79. The van der Waals surface area contributed by atoms with Crippen molar-refractivity contribution in [2.75, 3.05) is 11.9 Å². The Morgan fingerprint density at radius 2 is 1.75 bits per heavy atom. The fourth-order valence-electron chi connectivity index (χ4n) is 4.39. The average Bonchev–Trinajstić information content (AvgIpc) is 3.31. The summed E-state index contributed by atoms with van der Waals surface area (Å²) < 4.78 is 2.33. The average molecular weight is 516 g/mol. The molecule has 1 heterocycles. The molecule has 0 bridgehead atoms. The highest BCUT2D eigenvalue weighted by Crippen LogP contribution is 2.18. The highest BCUT2D eigenvalue weighted by molar-refractivity contribution is 7.80. The van der Waals surface area contributed by atoms with Crippen molar-refractivity contribution in [2.24, 2.45) is 0 Å². The summed E-state index contributed by atoms with van der Waals surface area (Å²) in [6.07, 6.45) is 4.04. The molecule has 0 fully saturated rings. The molecule has 186 valence electrons. The first kappa shape index (κ1) is 26.0. The van der Waals surface area contributed by atoms with Gasteiger partial charge >= 0.3 is 0 Å². The van der Waals surface area contributed by atoms with E-state index in [1.807, 2.05) is 12.1 Å². The number of nitrogens with one attached hydrogen (secondary N) is 1. The van der Waals surface area contributed by atoms with E-state index in [-0.39, 0.29) is 0 Å². The van der Waals surface area contributed by atoms with Crippen LogP contribution in [0.15, 0.2) is 85.1 Å². The monoisotopic (exact) mass is 515 g/mol. The number of hydrogen-bond acceptors (Lipinski definition) is 1.